The van der Waals surface area contributed by atoms with Crippen LogP contribution < -0.4 is 0 Å². The van der Waals surface area contributed by atoms with E-state index in [1.54, 1.807) is 10.9 Å². The summed E-state index contributed by atoms with van der Waals surface area (Å²) in [6, 6.07) is 4.02. The van der Waals surface area contributed by atoms with Gasteiger partial charge < -0.3 is 0 Å². The number of nitrogens with zero attached hydrogens (tertiary/aromatic N) is 5. The van der Waals surface area contributed by atoms with Crippen LogP contribution in [-0.2, 0) is 12.8 Å². The standard InChI is InChI=1S/C12H13N5/c1-3-9-5-11(4-2)17(16-9)12-8-14-10(6-13)7-15-12/h5,7-8H,3-4H2,1-2H3. The number of aryl methyl sites for hydroxylation is 2. The second-order valence-electron chi connectivity index (χ2n) is 3.62. The molecule has 0 N–H and O–H groups in total. The number of hydrogen-bond donors (Lipinski definition) is 0. The van der Waals surface area contributed by atoms with Gasteiger partial charge >= 0.3 is 0 Å². The Morgan fingerprint density at radius 3 is 2.59 bits per heavy atom. The molecule has 0 aliphatic carbocycles. The molecule has 5 heteroatoms. The summed E-state index contributed by atoms with van der Waals surface area (Å²) in [4.78, 5) is 8.19. The lowest BCUT2D eigenvalue weighted by atomic mass is 10.3. The lowest BCUT2D eigenvalue weighted by Crippen LogP contribution is -2.05. The predicted octanol–water partition coefficient (Wildman–Crippen LogP) is 1.66. The van der Waals surface area contributed by atoms with E-state index >= 15 is 0 Å². The second-order valence-corrected chi connectivity index (χ2v) is 3.62. The summed E-state index contributed by atoms with van der Waals surface area (Å²) in [5.74, 6) is 0.653. The first kappa shape index (κ1) is 11.3. The van der Waals surface area contributed by atoms with Crippen molar-refractivity contribution >= 4 is 0 Å². The van der Waals surface area contributed by atoms with E-state index in [0.29, 0.717) is 11.5 Å². The van der Waals surface area contributed by atoms with E-state index in [1.807, 2.05) is 6.07 Å². The molecule has 0 atom stereocenters. The molecule has 0 amide bonds. The highest BCUT2D eigenvalue weighted by molar-refractivity contribution is 5.27. The fourth-order valence-corrected chi connectivity index (χ4v) is 1.59. The minimum atomic E-state index is 0.315. The summed E-state index contributed by atoms with van der Waals surface area (Å²) in [5, 5.41) is 13.1. The van der Waals surface area contributed by atoms with E-state index in [1.165, 1.54) is 6.20 Å². The zero-order valence-electron chi connectivity index (χ0n) is 9.88. The van der Waals surface area contributed by atoms with E-state index < -0.39 is 0 Å². The molecule has 2 heterocycles. The van der Waals surface area contributed by atoms with Crippen LogP contribution in [0.4, 0.5) is 0 Å². The van der Waals surface area contributed by atoms with Crippen LogP contribution >= 0.6 is 0 Å². The highest BCUT2D eigenvalue weighted by atomic mass is 15.3. The summed E-state index contributed by atoms with van der Waals surface area (Å²) in [6.45, 7) is 4.14. The van der Waals surface area contributed by atoms with Gasteiger partial charge in [0.1, 0.15) is 6.07 Å². The van der Waals surface area contributed by atoms with Crippen LogP contribution in [0.1, 0.15) is 30.9 Å². The third-order valence-corrected chi connectivity index (χ3v) is 2.53. The van der Waals surface area contributed by atoms with Gasteiger partial charge in [0, 0.05) is 5.69 Å². The van der Waals surface area contributed by atoms with E-state index in [-0.39, 0.29) is 0 Å². The van der Waals surface area contributed by atoms with Crippen LogP contribution in [0.25, 0.3) is 5.82 Å². The average Bonchev–Trinajstić information content (AvgIpc) is 2.82. The molecule has 0 saturated carbocycles. The summed E-state index contributed by atoms with van der Waals surface area (Å²) in [6.07, 6.45) is 4.81. The van der Waals surface area contributed by atoms with Crippen molar-refractivity contribution < 1.29 is 0 Å². The van der Waals surface area contributed by atoms with Crippen LogP contribution in [0.3, 0.4) is 0 Å². The molecule has 0 aromatic carbocycles. The molecule has 0 fully saturated rings. The van der Waals surface area contributed by atoms with Gasteiger partial charge in [0.25, 0.3) is 0 Å². The molecule has 0 aliphatic heterocycles. The largest absolute Gasteiger partial charge is 0.240 e. The lowest BCUT2D eigenvalue weighted by molar-refractivity contribution is 0.766. The number of rotatable bonds is 3. The minimum Gasteiger partial charge on any atom is -0.240 e. The molecule has 0 aliphatic rings. The fourth-order valence-electron chi connectivity index (χ4n) is 1.59. The Morgan fingerprint density at radius 2 is 2.06 bits per heavy atom. The zero-order chi connectivity index (χ0) is 12.3. The van der Waals surface area contributed by atoms with E-state index in [2.05, 4.69) is 35.0 Å². The Hall–Kier alpha value is -2.22. The summed E-state index contributed by atoms with van der Waals surface area (Å²) in [7, 11) is 0. The van der Waals surface area contributed by atoms with Crippen molar-refractivity contribution in [3.63, 3.8) is 0 Å². The van der Waals surface area contributed by atoms with Crippen molar-refractivity contribution in [3.05, 3.63) is 35.5 Å². The monoisotopic (exact) mass is 227 g/mol. The van der Waals surface area contributed by atoms with Crippen molar-refractivity contribution in [1.29, 1.82) is 5.26 Å². The second kappa shape index (κ2) is 4.74. The topological polar surface area (TPSA) is 67.4 Å². The van der Waals surface area contributed by atoms with Gasteiger partial charge in [-0.25, -0.2) is 14.6 Å². The number of hydrogen-bond acceptors (Lipinski definition) is 4. The van der Waals surface area contributed by atoms with Crippen molar-refractivity contribution in [3.8, 4) is 11.9 Å². The third kappa shape index (κ3) is 2.16. The summed E-state index contributed by atoms with van der Waals surface area (Å²) in [5.41, 5.74) is 2.45. The highest BCUT2D eigenvalue weighted by Crippen LogP contribution is 2.11. The van der Waals surface area contributed by atoms with Crippen molar-refractivity contribution in [2.24, 2.45) is 0 Å². The van der Waals surface area contributed by atoms with Crippen LogP contribution in [-0.4, -0.2) is 19.7 Å². The van der Waals surface area contributed by atoms with Gasteiger partial charge in [-0.3, -0.25) is 0 Å². The van der Waals surface area contributed by atoms with Crippen LogP contribution in [0.2, 0.25) is 0 Å². The molecule has 0 saturated heterocycles. The van der Waals surface area contributed by atoms with Crippen molar-refractivity contribution in [2.45, 2.75) is 26.7 Å². The van der Waals surface area contributed by atoms with E-state index in [0.717, 1.165) is 24.2 Å². The maximum absolute atomic E-state index is 8.67. The van der Waals surface area contributed by atoms with E-state index in [4.69, 9.17) is 5.26 Å². The maximum atomic E-state index is 8.67. The van der Waals surface area contributed by atoms with Gasteiger partial charge in [-0.1, -0.05) is 13.8 Å². The molecule has 86 valence electrons. The van der Waals surface area contributed by atoms with Crippen LogP contribution in [0.5, 0.6) is 0 Å². The van der Waals surface area contributed by atoms with Crippen LogP contribution in [0.15, 0.2) is 18.5 Å². The predicted molar refractivity (Wildman–Crippen MR) is 62.6 cm³/mol. The number of nitriles is 1. The smallest absolute Gasteiger partial charge is 0.172 e. The Balaban J connectivity index is 2.44. The van der Waals surface area contributed by atoms with Crippen molar-refractivity contribution in [1.82, 2.24) is 19.7 Å². The SMILES string of the molecule is CCc1cc(CC)n(-c2cnc(C#N)cn2)n1. The van der Waals surface area contributed by atoms with E-state index in [9.17, 15) is 0 Å². The Kier molecular flexibility index (Phi) is 3.15. The van der Waals surface area contributed by atoms with Gasteiger partial charge in [-0.05, 0) is 18.9 Å². The number of aromatic nitrogens is 4. The van der Waals surface area contributed by atoms with Gasteiger partial charge in [0.05, 0.1) is 18.1 Å². The molecular formula is C12H13N5. The highest BCUT2D eigenvalue weighted by Gasteiger charge is 2.08. The van der Waals surface area contributed by atoms with Gasteiger partial charge in [-0.15, -0.1) is 0 Å². The summed E-state index contributed by atoms with van der Waals surface area (Å²) >= 11 is 0. The summed E-state index contributed by atoms with van der Waals surface area (Å²) < 4.78 is 1.78. The Bertz CT molecular complexity index is 547. The first-order valence-corrected chi connectivity index (χ1v) is 5.58. The molecule has 5 nitrogen and oxygen atoms in total. The van der Waals surface area contributed by atoms with Gasteiger partial charge in [0.15, 0.2) is 11.5 Å². The first-order valence-electron chi connectivity index (χ1n) is 5.58. The zero-order valence-corrected chi connectivity index (χ0v) is 9.88. The Morgan fingerprint density at radius 1 is 1.24 bits per heavy atom. The first-order chi connectivity index (χ1) is 8.28. The van der Waals surface area contributed by atoms with Crippen LogP contribution in [0, 0.1) is 11.3 Å². The quantitative estimate of drug-likeness (QED) is 0.799. The average molecular weight is 227 g/mol. The molecule has 0 unspecified atom stereocenters. The lowest BCUT2D eigenvalue weighted by Gasteiger charge is -2.03. The molecule has 0 spiro atoms. The molecule has 2 rings (SSSR count). The maximum Gasteiger partial charge on any atom is 0.172 e. The molecule has 2 aromatic heterocycles. The molecular weight excluding hydrogens is 214 g/mol. The minimum absolute atomic E-state index is 0.315. The third-order valence-electron chi connectivity index (χ3n) is 2.53. The van der Waals surface area contributed by atoms with Crippen molar-refractivity contribution in [2.75, 3.05) is 0 Å². The molecule has 2 aromatic rings. The van der Waals surface area contributed by atoms with Gasteiger partial charge in [0.2, 0.25) is 0 Å². The fraction of sp³-hybridized carbons (Fsp3) is 0.333. The molecule has 17 heavy (non-hydrogen) atoms. The molecule has 0 radical (unpaired) electrons. The Labute approximate surface area is 99.8 Å². The normalized spacial score (nSPS) is 10.2. The van der Waals surface area contributed by atoms with Gasteiger partial charge in [-0.2, -0.15) is 10.4 Å². The molecule has 0 bridgehead atoms.